The normalized spacial score (nSPS) is 22.7. The maximum atomic E-state index is 12.6. The second kappa shape index (κ2) is 8.76. The van der Waals surface area contributed by atoms with Crippen molar-refractivity contribution in [3.63, 3.8) is 0 Å². The van der Waals surface area contributed by atoms with E-state index in [1.807, 2.05) is 4.90 Å². The molecule has 6 nitrogen and oxygen atoms in total. The van der Waals surface area contributed by atoms with Gasteiger partial charge in [-0.05, 0) is 38.0 Å². The Labute approximate surface area is 168 Å². The van der Waals surface area contributed by atoms with Crippen LogP contribution < -0.4 is 4.74 Å². The van der Waals surface area contributed by atoms with Crippen LogP contribution in [-0.2, 0) is 22.4 Å². The van der Waals surface area contributed by atoms with Gasteiger partial charge in [0, 0.05) is 37.3 Å². The standard InChI is InChI=1S/C22H33N3O3/c1-15(2)5-8-20(26)25-11-3-4-17(14-25)28-22-18-9-12-27-13-10-19(18)23-21(24-22)16-6-7-16/h15-17H,3-14H2,1-2H3. The molecular formula is C22H33N3O3. The number of amides is 1. The van der Waals surface area contributed by atoms with Gasteiger partial charge in [-0.2, -0.15) is 4.98 Å². The summed E-state index contributed by atoms with van der Waals surface area (Å²) in [6, 6.07) is 0. The van der Waals surface area contributed by atoms with Crippen molar-refractivity contribution < 1.29 is 14.3 Å². The second-order valence-corrected chi connectivity index (χ2v) is 8.85. The minimum Gasteiger partial charge on any atom is -0.472 e. The van der Waals surface area contributed by atoms with Crippen LogP contribution in [0.15, 0.2) is 0 Å². The highest BCUT2D eigenvalue weighted by molar-refractivity contribution is 5.76. The highest BCUT2D eigenvalue weighted by atomic mass is 16.5. The summed E-state index contributed by atoms with van der Waals surface area (Å²) in [5, 5.41) is 0. The number of aromatic nitrogens is 2. The molecule has 1 aromatic heterocycles. The summed E-state index contributed by atoms with van der Waals surface area (Å²) < 4.78 is 12.1. The smallest absolute Gasteiger partial charge is 0.222 e. The fraction of sp³-hybridized carbons (Fsp3) is 0.773. The summed E-state index contributed by atoms with van der Waals surface area (Å²) in [7, 11) is 0. The topological polar surface area (TPSA) is 64.6 Å². The number of carbonyl (C=O) groups is 1. The van der Waals surface area contributed by atoms with Gasteiger partial charge in [-0.1, -0.05) is 13.8 Å². The monoisotopic (exact) mass is 387 g/mol. The number of piperidine rings is 1. The van der Waals surface area contributed by atoms with E-state index < -0.39 is 0 Å². The van der Waals surface area contributed by atoms with Crippen LogP contribution in [0.2, 0.25) is 0 Å². The predicted molar refractivity (Wildman–Crippen MR) is 107 cm³/mol. The molecule has 2 aliphatic heterocycles. The van der Waals surface area contributed by atoms with Crippen molar-refractivity contribution in [2.24, 2.45) is 5.92 Å². The molecule has 1 saturated heterocycles. The molecule has 28 heavy (non-hydrogen) atoms. The number of hydrogen-bond acceptors (Lipinski definition) is 5. The van der Waals surface area contributed by atoms with Crippen molar-refractivity contribution in [3.05, 3.63) is 17.1 Å². The summed E-state index contributed by atoms with van der Waals surface area (Å²) in [5.41, 5.74) is 2.22. The second-order valence-electron chi connectivity index (χ2n) is 8.85. The van der Waals surface area contributed by atoms with Crippen LogP contribution in [0, 0.1) is 5.92 Å². The Morgan fingerprint density at radius 1 is 1.21 bits per heavy atom. The van der Waals surface area contributed by atoms with Gasteiger partial charge >= 0.3 is 0 Å². The van der Waals surface area contributed by atoms with Gasteiger partial charge in [0.15, 0.2) is 0 Å². The van der Waals surface area contributed by atoms with Gasteiger partial charge in [0.25, 0.3) is 0 Å². The first-order valence-corrected chi connectivity index (χ1v) is 11.0. The van der Waals surface area contributed by atoms with Crippen molar-refractivity contribution in [2.75, 3.05) is 26.3 Å². The zero-order valence-corrected chi connectivity index (χ0v) is 17.3. The highest BCUT2D eigenvalue weighted by Crippen LogP contribution is 2.40. The number of carbonyl (C=O) groups excluding carboxylic acids is 1. The average molecular weight is 388 g/mol. The zero-order chi connectivity index (χ0) is 19.5. The van der Waals surface area contributed by atoms with E-state index >= 15 is 0 Å². The predicted octanol–water partition coefficient (Wildman–Crippen LogP) is 3.28. The maximum absolute atomic E-state index is 12.6. The molecule has 1 unspecified atom stereocenters. The van der Waals surface area contributed by atoms with Crippen LogP contribution in [0.4, 0.5) is 0 Å². The summed E-state index contributed by atoms with van der Waals surface area (Å²) in [6.45, 7) is 7.26. The van der Waals surface area contributed by atoms with Gasteiger partial charge < -0.3 is 14.4 Å². The lowest BCUT2D eigenvalue weighted by molar-refractivity contribution is -0.134. The third kappa shape index (κ3) is 4.83. The lowest BCUT2D eigenvalue weighted by Gasteiger charge is -2.33. The van der Waals surface area contributed by atoms with Gasteiger partial charge in [-0.25, -0.2) is 4.98 Å². The molecule has 154 valence electrons. The molecule has 3 aliphatic rings. The number of nitrogens with zero attached hydrogens (tertiary/aromatic N) is 3. The summed E-state index contributed by atoms with van der Waals surface area (Å²) in [6.07, 6.45) is 7.56. The first-order valence-electron chi connectivity index (χ1n) is 11.0. The van der Waals surface area contributed by atoms with E-state index in [1.165, 1.54) is 12.8 Å². The van der Waals surface area contributed by atoms with Crippen LogP contribution in [-0.4, -0.2) is 53.2 Å². The lowest BCUT2D eigenvalue weighted by Crippen LogP contribution is -2.44. The Kier molecular flexibility index (Phi) is 6.14. The van der Waals surface area contributed by atoms with Crippen LogP contribution in [0.3, 0.4) is 0 Å². The molecule has 4 rings (SSSR count). The Bertz CT molecular complexity index is 703. The summed E-state index contributed by atoms with van der Waals surface area (Å²) in [5.74, 6) is 3.00. The molecule has 0 radical (unpaired) electrons. The molecule has 0 N–H and O–H groups in total. The minimum absolute atomic E-state index is 0.0203. The van der Waals surface area contributed by atoms with Gasteiger partial charge in [-0.15, -0.1) is 0 Å². The Morgan fingerprint density at radius 2 is 2.04 bits per heavy atom. The Morgan fingerprint density at radius 3 is 2.82 bits per heavy atom. The van der Waals surface area contributed by atoms with Gasteiger partial charge in [0.2, 0.25) is 11.8 Å². The number of rotatable bonds is 6. The van der Waals surface area contributed by atoms with E-state index in [-0.39, 0.29) is 12.0 Å². The van der Waals surface area contributed by atoms with E-state index in [2.05, 4.69) is 13.8 Å². The fourth-order valence-corrected chi connectivity index (χ4v) is 4.04. The Hall–Kier alpha value is -1.69. The van der Waals surface area contributed by atoms with Crippen molar-refractivity contribution in [1.29, 1.82) is 0 Å². The van der Waals surface area contributed by atoms with Crippen LogP contribution in [0.1, 0.15) is 75.4 Å². The molecule has 0 bridgehead atoms. The zero-order valence-electron chi connectivity index (χ0n) is 17.3. The van der Waals surface area contributed by atoms with E-state index in [0.717, 1.165) is 68.2 Å². The number of hydrogen-bond donors (Lipinski definition) is 0. The van der Waals surface area contributed by atoms with Crippen LogP contribution >= 0.6 is 0 Å². The molecule has 1 amide bonds. The van der Waals surface area contributed by atoms with Crippen molar-refractivity contribution in [2.45, 2.75) is 77.2 Å². The molecule has 0 spiro atoms. The molecule has 6 heteroatoms. The summed E-state index contributed by atoms with van der Waals surface area (Å²) in [4.78, 5) is 24.2. The molecule has 0 aromatic carbocycles. The molecule has 1 saturated carbocycles. The molecule has 1 atom stereocenters. The average Bonchev–Trinajstić information content (AvgIpc) is 3.53. The first kappa shape index (κ1) is 19.6. The number of ether oxygens (including phenoxy) is 2. The van der Waals surface area contributed by atoms with Crippen molar-refractivity contribution >= 4 is 5.91 Å². The first-order chi connectivity index (χ1) is 13.6. The fourth-order valence-electron chi connectivity index (χ4n) is 4.04. The molecule has 1 aliphatic carbocycles. The van der Waals surface area contributed by atoms with Gasteiger partial charge in [0.05, 0.1) is 25.5 Å². The van der Waals surface area contributed by atoms with E-state index in [9.17, 15) is 4.79 Å². The van der Waals surface area contributed by atoms with Crippen molar-refractivity contribution in [1.82, 2.24) is 14.9 Å². The number of likely N-dealkylation sites (tertiary alicyclic amines) is 1. The summed E-state index contributed by atoms with van der Waals surface area (Å²) >= 11 is 0. The third-order valence-electron chi connectivity index (χ3n) is 5.94. The highest BCUT2D eigenvalue weighted by Gasteiger charge is 2.31. The SMILES string of the molecule is CC(C)CCC(=O)N1CCCC(Oc2nc(C3CC3)nc3c2CCOCC3)C1. The minimum atomic E-state index is 0.0203. The van der Waals surface area contributed by atoms with Crippen LogP contribution in [0.25, 0.3) is 0 Å². The van der Waals surface area contributed by atoms with Gasteiger partial charge in [0.1, 0.15) is 11.9 Å². The third-order valence-corrected chi connectivity index (χ3v) is 5.94. The molecule has 1 aromatic rings. The molecule has 3 heterocycles. The van der Waals surface area contributed by atoms with Crippen LogP contribution in [0.5, 0.6) is 5.88 Å². The van der Waals surface area contributed by atoms with Crippen molar-refractivity contribution in [3.8, 4) is 5.88 Å². The lowest BCUT2D eigenvalue weighted by atomic mass is 10.0. The largest absolute Gasteiger partial charge is 0.472 e. The van der Waals surface area contributed by atoms with E-state index in [4.69, 9.17) is 19.4 Å². The molecule has 2 fully saturated rings. The van der Waals surface area contributed by atoms with E-state index in [0.29, 0.717) is 31.4 Å². The van der Waals surface area contributed by atoms with E-state index in [1.54, 1.807) is 0 Å². The molecular weight excluding hydrogens is 354 g/mol. The Balaban J connectivity index is 1.47. The van der Waals surface area contributed by atoms with Gasteiger partial charge in [-0.3, -0.25) is 4.79 Å². The quantitative estimate of drug-likeness (QED) is 0.749. The maximum Gasteiger partial charge on any atom is 0.222 e. The number of fused-ring (bicyclic) bond motifs is 1.